The third-order valence-electron chi connectivity index (χ3n) is 3.47. The van der Waals surface area contributed by atoms with Gasteiger partial charge in [-0.3, -0.25) is 9.59 Å². The maximum absolute atomic E-state index is 12.3. The van der Waals surface area contributed by atoms with E-state index >= 15 is 0 Å². The summed E-state index contributed by atoms with van der Waals surface area (Å²) in [6, 6.07) is 8.97. The molecule has 0 unspecified atom stereocenters. The van der Waals surface area contributed by atoms with Gasteiger partial charge in [0.05, 0.1) is 9.90 Å². The topological polar surface area (TPSA) is 58.2 Å². The Labute approximate surface area is 162 Å². The summed E-state index contributed by atoms with van der Waals surface area (Å²) in [6.07, 6.45) is 0.636. The molecule has 3 rings (SSSR count). The van der Waals surface area contributed by atoms with Gasteiger partial charge in [0, 0.05) is 28.2 Å². The number of hydrogen-bond acceptors (Lipinski definition) is 4. The molecule has 0 aliphatic carbocycles. The summed E-state index contributed by atoms with van der Waals surface area (Å²) in [6.45, 7) is 0.946. The van der Waals surface area contributed by atoms with E-state index in [-0.39, 0.29) is 11.8 Å². The molecule has 2 N–H and O–H groups in total. The van der Waals surface area contributed by atoms with Crippen LogP contribution in [0.2, 0.25) is 10.0 Å². The Morgan fingerprint density at radius 3 is 2.52 bits per heavy atom. The zero-order valence-corrected chi connectivity index (χ0v) is 16.1. The average Bonchev–Trinajstić information content (AvgIpc) is 3.22. The van der Waals surface area contributed by atoms with E-state index < -0.39 is 0 Å². The number of fused-ring (bicyclic) bond motifs is 1. The van der Waals surface area contributed by atoms with Crippen molar-refractivity contribution in [1.29, 1.82) is 0 Å². The normalized spacial score (nSPS) is 10.8. The van der Waals surface area contributed by atoms with Crippen LogP contribution in [0.1, 0.15) is 25.8 Å². The second kappa shape index (κ2) is 8.19. The van der Waals surface area contributed by atoms with E-state index in [4.69, 9.17) is 23.2 Å². The molecule has 2 heterocycles. The second-order valence-corrected chi connectivity index (χ2v) is 8.04. The predicted molar refractivity (Wildman–Crippen MR) is 105 cm³/mol. The number of nitrogens with one attached hydrogen (secondary N) is 2. The lowest BCUT2D eigenvalue weighted by molar-refractivity contribution is 0.0956. The highest BCUT2D eigenvalue weighted by Crippen LogP contribution is 2.36. The van der Waals surface area contributed by atoms with Gasteiger partial charge in [-0.05, 0) is 30.0 Å². The number of carbonyl (C=O) groups is 2. The molecule has 0 bridgehead atoms. The zero-order chi connectivity index (χ0) is 17.8. The van der Waals surface area contributed by atoms with Crippen LogP contribution in [0.4, 0.5) is 0 Å². The van der Waals surface area contributed by atoms with E-state index in [9.17, 15) is 9.59 Å². The number of rotatable bonds is 6. The van der Waals surface area contributed by atoms with E-state index in [1.54, 1.807) is 18.2 Å². The van der Waals surface area contributed by atoms with Gasteiger partial charge < -0.3 is 10.6 Å². The lowest BCUT2D eigenvalue weighted by atomic mass is 10.2. The standard InChI is InChI=1S/C17H14Cl2N2O2S2/c18-10-4-5-11-13(9-10)25-15(14(11)19)17(23)21-7-2-6-20-16(22)12-3-1-8-24-12/h1,3-5,8-9H,2,6-7H2,(H,20,22)(H,21,23). The van der Waals surface area contributed by atoms with Crippen LogP contribution >= 0.6 is 45.9 Å². The van der Waals surface area contributed by atoms with Crippen LogP contribution in [0.5, 0.6) is 0 Å². The summed E-state index contributed by atoms with van der Waals surface area (Å²) in [7, 11) is 0. The molecule has 3 aromatic rings. The first kappa shape index (κ1) is 18.2. The molecule has 130 valence electrons. The van der Waals surface area contributed by atoms with Crippen molar-refractivity contribution in [2.45, 2.75) is 6.42 Å². The summed E-state index contributed by atoms with van der Waals surface area (Å²) >= 11 is 15.0. The molecule has 8 heteroatoms. The highest BCUT2D eigenvalue weighted by Gasteiger charge is 2.17. The Kier molecular flexibility index (Phi) is 5.96. The van der Waals surface area contributed by atoms with Crippen LogP contribution in [0.25, 0.3) is 10.1 Å². The van der Waals surface area contributed by atoms with Gasteiger partial charge in [0.25, 0.3) is 11.8 Å². The zero-order valence-electron chi connectivity index (χ0n) is 13.0. The van der Waals surface area contributed by atoms with Crippen molar-refractivity contribution < 1.29 is 9.59 Å². The van der Waals surface area contributed by atoms with Crippen molar-refractivity contribution in [3.8, 4) is 0 Å². The number of halogens is 2. The van der Waals surface area contributed by atoms with Crippen LogP contribution in [0, 0.1) is 0 Å². The molecule has 0 aliphatic rings. The van der Waals surface area contributed by atoms with Crippen molar-refractivity contribution in [3.05, 3.63) is 55.5 Å². The molecule has 2 amide bonds. The SMILES string of the molecule is O=C(NCCCNC(=O)c1sc2cc(Cl)ccc2c1Cl)c1cccs1. The molecule has 0 saturated heterocycles. The summed E-state index contributed by atoms with van der Waals surface area (Å²) in [5.74, 6) is -0.308. The molecule has 0 radical (unpaired) electrons. The molecular formula is C17H14Cl2N2O2S2. The summed E-state index contributed by atoms with van der Waals surface area (Å²) in [5, 5.41) is 9.39. The Hall–Kier alpha value is -1.60. The molecule has 0 atom stereocenters. The summed E-state index contributed by atoms with van der Waals surface area (Å²) in [4.78, 5) is 25.2. The summed E-state index contributed by atoms with van der Waals surface area (Å²) < 4.78 is 0.880. The Bertz CT molecular complexity index is 907. The van der Waals surface area contributed by atoms with Gasteiger partial charge in [0.1, 0.15) is 4.88 Å². The summed E-state index contributed by atoms with van der Waals surface area (Å²) in [5.41, 5.74) is 0. The first-order valence-corrected chi connectivity index (χ1v) is 9.99. The van der Waals surface area contributed by atoms with Crippen LogP contribution in [-0.4, -0.2) is 24.9 Å². The molecule has 2 aromatic heterocycles. The lowest BCUT2D eigenvalue weighted by Gasteiger charge is -2.05. The van der Waals surface area contributed by atoms with Crippen LogP contribution in [-0.2, 0) is 0 Å². The van der Waals surface area contributed by atoms with Gasteiger partial charge in [-0.25, -0.2) is 0 Å². The monoisotopic (exact) mass is 412 g/mol. The van der Waals surface area contributed by atoms with Crippen LogP contribution in [0.15, 0.2) is 35.7 Å². The minimum Gasteiger partial charge on any atom is -0.351 e. The van der Waals surface area contributed by atoms with E-state index in [1.807, 2.05) is 17.5 Å². The molecule has 25 heavy (non-hydrogen) atoms. The third kappa shape index (κ3) is 4.33. The van der Waals surface area contributed by atoms with E-state index in [0.717, 1.165) is 10.1 Å². The van der Waals surface area contributed by atoms with Crippen LogP contribution in [0.3, 0.4) is 0 Å². The smallest absolute Gasteiger partial charge is 0.262 e. The molecule has 0 saturated carbocycles. The maximum Gasteiger partial charge on any atom is 0.262 e. The predicted octanol–water partition coefficient (Wildman–Crippen LogP) is 4.82. The fourth-order valence-corrected chi connectivity index (χ4v) is 4.60. The van der Waals surface area contributed by atoms with Gasteiger partial charge >= 0.3 is 0 Å². The van der Waals surface area contributed by atoms with Crippen molar-refractivity contribution in [3.63, 3.8) is 0 Å². The van der Waals surface area contributed by atoms with Gasteiger partial charge in [0.2, 0.25) is 0 Å². The number of hydrogen-bond donors (Lipinski definition) is 2. The number of carbonyl (C=O) groups excluding carboxylic acids is 2. The molecule has 0 aliphatic heterocycles. The van der Waals surface area contributed by atoms with Gasteiger partial charge in [0.15, 0.2) is 0 Å². The van der Waals surface area contributed by atoms with E-state index in [1.165, 1.54) is 22.7 Å². The molecule has 0 spiro atoms. The third-order valence-corrected chi connectivity index (χ3v) is 6.23. The second-order valence-electron chi connectivity index (χ2n) is 5.23. The van der Waals surface area contributed by atoms with Crippen molar-refractivity contribution in [1.82, 2.24) is 10.6 Å². The van der Waals surface area contributed by atoms with Crippen molar-refractivity contribution >= 4 is 67.8 Å². The molecular weight excluding hydrogens is 399 g/mol. The molecule has 4 nitrogen and oxygen atoms in total. The largest absolute Gasteiger partial charge is 0.351 e. The minimum atomic E-state index is -0.216. The lowest BCUT2D eigenvalue weighted by Crippen LogP contribution is -2.29. The quantitative estimate of drug-likeness (QED) is 0.570. The van der Waals surface area contributed by atoms with Crippen LogP contribution < -0.4 is 10.6 Å². The molecule has 1 aromatic carbocycles. The van der Waals surface area contributed by atoms with E-state index in [2.05, 4.69) is 10.6 Å². The van der Waals surface area contributed by atoms with E-state index in [0.29, 0.717) is 39.3 Å². The number of benzene rings is 1. The average molecular weight is 413 g/mol. The fraction of sp³-hybridized carbons (Fsp3) is 0.176. The Balaban J connectivity index is 1.50. The van der Waals surface area contributed by atoms with Gasteiger partial charge in [-0.15, -0.1) is 22.7 Å². The highest BCUT2D eigenvalue weighted by molar-refractivity contribution is 7.21. The Morgan fingerprint density at radius 2 is 1.80 bits per heavy atom. The maximum atomic E-state index is 12.3. The van der Waals surface area contributed by atoms with Gasteiger partial charge in [-0.1, -0.05) is 35.3 Å². The van der Waals surface area contributed by atoms with Gasteiger partial charge in [-0.2, -0.15) is 0 Å². The first-order chi connectivity index (χ1) is 12.1. The first-order valence-electron chi connectivity index (χ1n) is 7.53. The number of thiophene rings is 2. The minimum absolute atomic E-state index is 0.0919. The number of amides is 2. The van der Waals surface area contributed by atoms with Crippen molar-refractivity contribution in [2.24, 2.45) is 0 Å². The fourth-order valence-electron chi connectivity index (χ4n) is 2.25. The highest BCUT2D eigenvalue weighted by atomic mass is 35.5. The van der Waals surface area contributed by atoms with Crippen molar-refractivity contribution in [2.75, 3.05) is 13.1 Å². The Morgan fingerprint density at radius 1 is 1.04 bits per heavy atom. The molecule has 0 fully saturated rings.